The summed E-state index contributed by atoms with van der Waals surface area (Å²) in [5.74, 6) is -0.0340. The van der Waals surface area contributed by atoms with Gasteiger partial charge in [0.25, 0.3) is 5.91 Å². The van der Waals surface area contributed by atoms with Crippen LogP contribution < -0.4 is 10.2 Å². The summed E-state index contributed by atoms with van der Waals surface area (Å²) in [7, 11) is 0. The first-order chi connectivity index (χ1) is 13.8. The second kappa shape index (κ2) is 9.12. The van der Waals surface area contributed by atoms with Crippen molar-refractivity contribution in [2.24, 2.45) is 0 Å². The Bertz CT molecular complexity index is 817. The predicted molar refractivity (Wildman–Crippen MR) is 117 cm³/mol. The quantitative estimate of drug-likeness (QED) is 0.847. The molecule has 2 aromatic rings. The van der Waals surface area contributed by atoms with Gasteiger partial charge in [0, 0.05) is 50.4 Å². The highest BCUT2D eigenvalue weighted by molar-refractivity contribution is 5.94. The molecule has 0 radical (unpaired) electrons. The minimum absolute atomic E-state index is 0.0615. The van der Waals surface area contributed by atoms with Crippen molar-refractivity contribution in [3.8, 4) is 0 Å². The minimum atomic E-state index is -0.132. The lowest BCUT2D eigenvalue weighted by atomic mass is 9.87. The second-order valence-corrected chi connectivity index (χ2v) is 8.54. The fraction of sp³-hybridized carbons (Fsp3) is 0.417. The molecule has 2 amide bonds. The van der Waals surface area contributed by atoms with E-state index in [9.17, 15) is 9.59 Å². The van der Waals surface area contributed by atoms with Gasteiger partial charge < -0.3 is 15.1 Å². The Morgan fingerprint density at radius 3 is 2.10 bits per heavy atom. The number of hydrogen-bond acceptors (Lipinski definition) is 3. The maximum atomic E-state index is 12.5. The van der Waals surface area contributed by atoms with Crippen LogP contribution in [0.3, 0.4) is 0 Å². The minimum Gasteiger partial charge on any atom is -0.368 e. The zero-order valence-corrected chi connectivity index (χ0v) is 17.6. The first-order valence-electron chi connectivity index (χ1n) is 10.3. The van der Waals surface area contributed by atoms with Gasteiger partial charge in [0.05, 0.1) is 0 Å². The molecule has 1 N–H and O–H groups in total. The van der Waals surface area contributed by atoms with Gasteiger partial charge in [0.2, 0.25) is 5.91 Å². The third-order valence-electron chi connectivity index (χ3n) is 5.39. The zero-order valence-electron chi connectivity index (χ0n) is 17.6. The van der Waals surface area contributed by atoms with Crippen molar-refractivity contribution < 1.29 is 9.59 Å². The molecule has 0 spiro atoms. The van der Waals surface area contributed by atoms with Gasteiger partial charge in [-0.05, 0) is 35.2 Å². The van der Waals surface area contributed by atoms with Crippen molar-refractivity contribution in [3.63, 3.8) is 0 Å². The number of anilines is 1. The van der Waals surface area contributed by atoms with Gasteiger partial charge in [-0.3, -0.25) is 9.59 Å². The number of para-hydroxylation sites is 1. The fourth-order valence-electron chi connectivity index (χ4n) is 3.52. The molecule has 2 aromatic carbocycles. The van der Waals surface area contributed by atoms with E-state index in [0.717, 1.165) is 26.2 Å². The predicted octanol–water partition coefficient (Wildman–Crippen LogP) is 3.45. The number of rotatable bonds is 5. The number of nitrogens with zero attached hydrogens (tertiary/aromatic N) is 2. The topological polar surface area (TPSA) is 52.7 Å². The monoisotopic (exact) mass is 393 g/mol. The molecule has 1 saturated heterocycles. The summed E-state index contributed by atoms with van der Waals surface area (Å²) >= 11 is 0. The molecule has 5 heteroatoms. The molecule has 1 aliphatic heterocycles. The fourth-order valence-corrected chi connectivity index (χ4v) is 3.52. The second-order valence-electron chi connectivity index (χ2n) is 8.54. The van der Waals surface area contributed by atoms with Gasteiger partial charge >= 0.3 is 0 Å². The zero-order chi connectivity index (χ0) is 20.9. The lowest BCUT2D eigenvalue weighted by molar-refractivity contribution is -0.131. The van der Waals surface area contributed by atoms with E-state index >= 15 is 0 Å². The van der Waals surface area contributed by atoms with E-state index < -0.39 is 0 Å². The number of amides is 2. The molecule has 5 nitrogen and oxygen atoms in total. The van der Waals surface area contributed by atoms with Crippen LogP contribution >= 0.6 is 0 Å². The molecule has 0 unspecified atom stereocenters. The maximum absolute atomic E-state index is 12.5. The van der Waals surface area contributed by atoms with E-state index in [1.165, 1.54) is 11.3 Å². The van der Waals surface area contributed by atoms with E-state index in [0.29, 0.717) is 18.5 Å². The lowest BCUT2D eigenvalue weighted by Crippen LogP contribution is -2.49. The number of carbonyl (C=O) groups excluding carboxylic acids is 2. The Morgan fingerprint density at radius 2 is 1.52 bits per heavy atom. The van der Waals surface area contributed by atoms with Crippen molar-refractivity contribution in [2.45, 2.75) is 32.6 Å². The molecule has 0 bridgehead atoms. The number of hydrogen-bond donors (Lipinski definition) is 1. The van der Waals surface area contributed by atoms with E-state index in [-0.39, 0.29) is 17.2 Å². The van der Waals surface area contributed by atoms with Crippen molar-refractivity contribution in [2.75, 3.05) is 37.6 Å². The van der Waals surface area contributed by atoms with Crippen LogP contribution in [-0.2, 0) is 10.2 Å². The lowest BCUT2D eigenvalue weighted by Gasteiger charge is -2.36. The first-order valence-corrected chi connectivity index (χ1v) is 10.3. The van der Waals surface area contributed by atoms with Crippen molar-refractivity contribution >= 4 is 17.5 Å². The molecule has 1 heterocycles. The SMILES string of the molecule is CC(C)(C)c1ccc(C(=O)NCCC(=O)N2CCN(c3ccccc3)CC2)cc1. The molecule has 0 atom stereocenters. The Balaban J connectivity index is 1.41. The van der Waals surface area contributed by atoms with Gasteiger partial charge in [-0.1, -0.05) is 51.1 Å². The Hall–Kier alpha value is -2.82. The molecule has 3 rings (SSSR count). The van der Waals surface area contributed by atoms with Crippen LogP contribution in [0.25, 0.3) is 0 Å². The highest BCUT2D eigenvalue weighted by Crippen LogP contribution is 2.22. The molecule has 0 aliphatic carbocycles. The van der Waals surface area contributed by atoms with Gasteiger partial charge in [0.1, 0.15) is 0 Å². The standard InChI is InChI=1S/C24H31N3O2/c1-24(2,3)20-11-9-19(10-12-20)23(29)25-14-13-22(28)27-17-15-26(16-18-27)21-7-5-4-6-8-21/h4-12H,13-18H2,1-3H3,(H,25,29). The van der Waals surface area contributed by atoms with E-state index in [1.807, 2.05) is 47.4 Å². The highest BCUT2D eigenvalue weighted by Gasteiger charge is 2.21. The summed E-state index contributed by atoms with van der Waals surface area (Å²) in [6.45, 7) is 9.90. The average Bonchev–Trinajstić information content (AvgIpc) is 2.74. The number of benzene rings is 2. The van der Waals surface area contributed by atoms with E-state index in [4.69, 9.17) is 0 Å². The number of nitrogens with one attached hydrogen (secondary N) is 1. The summed E-state index contributed by atoms with van der Waals surface area (Å²) in [5.41, 5.74) is 3.08. The molecule has 0 saturated carbocycles. The third-order valence-corrected chi connectivity index (χ3v) is 5.39. The van der Waals surface area contributed by atoms with Gasteiger partial charge in [-0.25, -0.2) is 0 Å². The number of piperazine rings is 1. The van der Waals surface area contributed by atoms with Crippen molar-refractivity contribution in [1.82, 2.24) is 10.2 Å². The van der Waals surface area contributed by atoms with Crippen LogP contribution in [0.15, 0.2) is 54.6 Å². The van der Waals surface area contributed by atoms with E-state index in [1.54, 1.807) is 0 Å². The van der Waals surface area contributed by atoms with Crippen LogP contribution in [0.4, 0.5) is 5.69 Å². The largest absolute Gasteiger partial charge is 0.368 e. The summed E-state index contributed by atoms with van der Waals surface area (Å²) in [6.07, 6.45) is 0.331. The molecule has 0 aromatic heterocycles. The van der Waals surface area contributed by atoms with Crippen LogP contribution in [-0.4, -0.2) is 49.4 Å². The highest BCUT2D eigenvalue weighted by atomic mass is 16.2. The van der Waals surface area contributed by atoms with Crippen LogP contribution in [0.1, 0.15) is 43.1 Å². The Kier molecular flexibility index (Phi) is 6.57. The smallest absolute Gasteiger partial charge is 0.251 e. The maximum Gasteiger partial charge on any atom is 0.251 e. The summed E-state index contributed by atoms with van der Waals surface area (Å²) in [5, 5.41) is 2.86. The van der Waals surface area contributed by atoms with Gasteiger partial charge in [0.15, 0.2) is 0 Å². The van der Waals surface area contributed by atoms with Crippen LogP contribution in [0.2, 0.25) is 0 Å². The molecule has 1 fully saturated rings. The third kappa shape index (κ3) is 5.59. The summed E-state index contributed by atoms with van der Waals surface area (Å²) in [4.78, 5) is 29.0. The van der Waals surface area contributed by atoms with E-state index in [2.05, 4.69) is 43.1 Å². The molecular weight excluding hydrogens is 362 g/mol. The summed E-state index contributed by atoms with van der Waals surface area (Å²) in [6, 6.07) is 18.0. The first kappa shape index (κ1) is 20.9. The van der Waals surface area contributed by atoms with Gasteiger partial charge in [-0.15, -0.1) is 0 Å². The molecule has 29 heavy (non-hydrogen) atoms. The number of carbonyl (C=O) groups is 2. The average molecular weight is 394 g/mol. The normalized spacial score (nSPS) is 14.6. The Morgan fingerprint density at radius 1 is 0.897 bits per heavy atom. The van der Waals surface area contributed by atoms with Gasteiger partial charge in [-0.2, -0.15) is 0 Å². The van der Waals surface area contributed by atoms with Crippen molar-refractivity contribution in [3.05, 3.63) is 65.7 Å². The summed E-state index contributed by atoms with van der Waals surface area (Å²) < 4.78 is 0. The molecule has 154 valence electrons. The van der Waals surface area contributed by atoms with Crippen molar-refractivity contribution in [1.29, 1.82) is 0 Å². The Labute approximate surface area is 173 Å². The van der Waals surface area contributed by atoms with Crippen LogP contribution in [0.5, 0.6) is 0 Å². The molecular formula is C24H31N3O2. The van der Waals surface area contributed by atoms with Crippen LogP contribution in [0, 0.1) is 0 Å². The molecule has 1 aliphatic rings.